The molecule has 19 heavy (non-hydrogen) atoms. The van der Waals surface area contributed by atoms with E-state index in [1.807, 2.05) is 11.9 Å². The highest BCUT2D eigenvalue weighted by Crippen LogP contribution is 2.28. The van der Waals surface area contributed by atoms with Gasteiger partial charge in [0.1, 0.15) is 0 Å². The molecule has 1 aromatic rings. The summed E-state index contributed by atoms with van der Waals surface area (Å²) in [5, 5.41) is 0. The van der Waals surface area contributed by atoms with E-state index in [0.717, 1.165) is 6.42 Å². The summed E-state index contributed by atoms with van der Waals surface area (Å²) in [7, 11) is 1.88. The zero-order valence-electron chi connectivity index (χ0n) is 11.6. The Bertz CT molecular complexity index is 449. The quantitative estimate of drug-likeness (QED) is 0.646. The van der Waals surface area contributed by atoms with Crippen molar-refractivity contribution in [3.8, 4) is 0 Å². The van der Waals surface area contributed by atoms with Gasteiger partial charge in [-0.15, -0.1) is 0 Å². The Labute approximate surface area is 114 Å². The monoisotopic (exact) mass is 262 g/mol. The van der Waals surface area contributed by atoms with Crippen LogP contribution in [0.2, 0.25) is 0 Å². The van der Waals surface area contributed by atoms with E-state index >= 15 is 0 Å². The molecule has 1 aromatic heterocycles. The molecule has 5 nitrogen and oxygen atoms in total. The second-order valence-electron chi connectivity index (χ2n) is 5.31. The van der Waals surface area contributed by atoms with Gasteiger partial charge in [-0.1, -0.05) is 19.8 Å². The summed E-state index contributed by atoms with van der Waals surface area (Å²) < 4.78 is 0. The van der Waals surface area contributed by atoms with Crippen LogP contribution in [0.4, 0.5) is 5.69 Å². The van der Waals surface area contributed by atoms with E-state index in [1.165, 1.54) is 19.3 Å². The predicted molar refractivity (Wildman–Crippen MR) is 75.6 cm³/mol. The van der Waals surface area contributed by atoms with E-state index in [-0.39, 0.29) is 5.91 Å². The molecule has 1 aliphatic rings. The van der Waals surface area contributed by atoms with Gasteiger partial charge in [-0.2, -0.15) is 0 Å². The van der Waals surface area contributed by atoms with Crippen LogP contribution in [0.25, 0.3) is 0 Å². The van der Waals surface area contributed by atoms with Gasteiger partial charge in [0.2, 0.25) is 0 Å². The van der Waals surface area contributed by atoms with Gasteiger partial charge in [0.05, 0.1) is 17.4 Å². The number of rotatable bonds is 3. The molecule has 0 radical (unpaired) electrons. The first-order valence-corrected chi connectivity index (χ1v) is 6.83. The highest BCUT2D eigenvalue weighted by Gasteiger charge is 2.29. The van der Waals surface area contributed by atoms with E-state index in [9.17, 15) is 4.79 Å². The van der Waals surface area contributed by atoms with Crippen LogP contribution in [0, 0.1) is 5.92 Å². The molecule has 0 saturated heterocycles. The van der Waals surface area contributed by atoms with Gasteiger partial charge in [0.25, 0.3) is 5.91 Å². The highest BCUT2D eigenvalue weighted by atomic mass is 16.2. The first-order valence-electron chi connectivity index (χ1n) is 6.83. The van der Waals surface area contributed by atoms with Gasteiger partial charge in [-0.3, -0.25) is 15.6 Å². The fourth-order valence-corrected chi connectivity index (χ4v) is 2.91. The van der Waals surface area contributed by atoms with Crippen molar-refractivity contribution in [3.63, 3.8) is 0 Å². The van der Waals surface area contributed by atoms with Crippen molar-refractivity contribution in [2.75, 3.05) is 12.5 Å². The van der Waals surface area contributed by atoms with Gasteiger partial charge in [-0.25, -0.2) is 0 Å². The maximum atomic E-state index is 12.6. The van der Waals surface area contributed by atoms with Crippen molar-refractivity contribution in [1.82, 2.24) is 9.88 Å². The number of nitrogens with zero attached hydrogens (tertiary/aromatic N) is 2. The van der Waals surface area contributed by atoms with Gasteiger partial charge in [-0.05, 0) is 24.8 Å². The number of pyridine rings is 1. The molecule has 3 N–H and O–H groups in total. The van der Waals surface area contributed by atoms with E-state index in [4.69, 9.17) is 5.84 Å². The topological polar surface area (TPSA) is 71.2 Å². The third-order valence-corrected chi connectivity index (χ3v) is 4.09. The van der Waals surface area contributed by atoms with E-state index in [1.54, 1.807) is 18.5 Å². The fraction of sp³-hybridized carbons (Fsp3) is 0.571. The lowest BCUT2D eigenvalue weighted by molar-refractivity contribution is 0.0630. The molecule has 2 atom stereocenters. The first kappa shape index (κ1) is 13.8. The van der Waals surface area contributed by atoms with E-state index < -0.39 is 0 Å². The molecule has 0 aromatic carbocycles. The molecule has 0 aliphatic heterocycles. The molecule has 104 valence electrons. The molecule has 0 spiro atoms. The van der Waals surface area contributed by atoms with Crippen LogP contribution in [0.1, 0.15) is 43.0 Å². The van der Waals surface area contributed by atoms with Crippen LogP contribution in [-0.4, -0.2) is 28.9 Å². The Morgan fingerprint density at radius 2 is 2.21 bits per heavy atom. The molecule has 2 rings (SSSR count). The van der Waals surface area contributed by atoms with Crippen molar-refractivity contribution >= 4 is 11.6 Å². The summed E-state index contributed by atoms with van der Waals surface area (Å²) in [6.07, 6.45) is 7.94. The molecule has 2 unspecified atom stereocenters. The van der Waals surface area contributed by atoms with Crippen LogP contribution in [0.15, 0.2) is 18.5 Å². The minimum Gasteiger partial charge on any atom is -0.338 e. The Balaban J connectivity index is 2.18. The van der Waals surface area contributed by atoms with Crippen LogP contribution < -0.4 is 11.3 Å². The average molecular weight is 262 g/mol. The average Bonchev–Trinajstić information content (AvgIpc) is 2.46. The highest BCUT2D eigenvalue weighted by molar-refractivity contribution is 5.99. The van der Waals surface area contributed by atoms with Crippen molar-refractivity contribution in [3.05, 3.63) is 24.0 Å². The second kappa shape index (κ2) is 6.02. The number of hydrogen-bond acceptors (Lipinski definition) is 4. The third-order valence-electron chi connectivity index (χ3n) is 4.09. The summed E-state index contributed by atoms with van der Waals surface area (Å²) >= 11 is 0. The van der Waals surface area contributed by atoms with Crippen molar-refractivity contribution < 1.29 is 4.79 Å². The van der Waals surface area contributed by atoms with Gasteiger partial charge < -0.3 is 10.3 Å². The van der Waals surface area contributed by atoms with Crippen molar-refractivity contribution in [1.29, 1.82) is 0 Å². The lowest BCUT2D eigenvalue weighted by Gasteiger charge is -2.36. The lowest BCUT2D eigenvalue weighted by Crippen LogP contribution is -2.42. The van der Waals surface area contributed by atoms with Crippen LogP contribution in [0.3, 0.4) is 0 Å². The summed E-state index contributed by atoms with van der Waals surface area (Å²) in [4.78, 5) is 18.4. The lowest BCUT2D eigenvalue weighted by atomic mass is 9.85. The summed E-state index contributed by atoms with van der Waals surface area (Å²) in [6, 6.07) is 2.03. The number of carbonyl (C=O) groups excluding carboxylic acids is 1. The number of nitrogens with one attached hydrogen (secondary N) is 1. The number of carbonyl (C=O) groups is 1. The molecular formula is C14H22N4O. The van der Waals surface area contributed by atoms with Crippen molar-refractivity contribution in [2.45, 2.75) is 38.6 Å². The third kappa shape index (κ3) is 2.87. The number of nitrogens with two attached hydrogens (primary N) is 1. The molecule has 1 amide bonds. The predicted octanol–water partition coefficient (Wildman–Crippen LogP) is 2.02. The number of aromatic nitrogens is 1. The number of hydrogen-bond donors (Lipinski definition) is 2. The maximum absolute atomic E-state index is 12.6. The zero-order valence-corrected chi connectivity index (χ0v) is 11.6. The number of nitrogen functional groups attached to an aromatic ring is 1. The smallest absolute Gasteiger partial charge is 0.256 e. The van der Waals surface area contributed by atoms with Crippen molar-refractivity contribution in [2.24, 2.45) is 11.8 Å². The normalized spacial score (nSPS) is 22.9. The first-order chi connectivity index (χ1) is 9.15. The van der Waals surface area contributed by atoms with Gasteiger partial charge in [0, 0.05) is 19.3 Å². The SMILES string of the molecule is CC1CCCCC1N(C)C(=O)c1ccncc1NN. The summed E-state index contributed by atoms with van der Waals surface area (Å²) in [5.41, 5.74) is 3.69. The molecule has 1 saturated carbocycles. The Morgan fingerprint density at radius 3 is 2.89 bits per heavy atom. The molecule has 1 aliphatic carbocycles. The van der Waals surface area contributed by atoms with Crippen LogP contribution in [-0.2, 0) is 0 Å². The molecule has 1 fully saturated rings. The number of hydrazine groups is 1. The summed E-state index contributed by atoms with van der Waals surface area (Å²) in [5.74, 6) is 6.00. The summed E-state index contributed by atoms with van der Waals surface area (Å²) in [6.45, 7) is 2.22. The van der Waals surface area contributed by atoms with Crippen LogP contribution >= 0.6 is 0 Å². The standard InChI is InChI=1S/C14H22N4O/c1-10-5-3-4-6-13(10)18(2)14(19)11-7-8-16-9-12(11)17-15/h7-10,13,17H,3-6,15H2,1-2H3. The minimum atomic E-state index is 0.00843. The molecule has 5 heteroatoms. The second-order valence-corrected chi connectivity index (χ2v) is 5.31. The Morgan fingerprint density at radius 1 is 1.47 bits per heavy atom. The largest absolute Gasteiger partial charge is 0.338 e. The number of anilines is 1. The zero-order chi connectivity index (χ0) is 13.8. The fourth-order valence-electron chi connectivity index (χ4n) is 2.91. The van der Waals surface area contributed by atoms with E-state index in [0.29, 0.717) is 23.2 Å². The maximum Gasteiger partial charge on any atom is 0.256 e. The Kier molecular flexibility index (Phi) is 4.37. The van der Waals surface area contributed by atoms with Crippen LogP contribution in [0.5, 0.6) is 0 Å². The minimum absolute atomic E-state index is 0.00843. The molecular weight excluding hydrogens is 240 g/mol. The van der Waals surface area contributed by atoms with E-state index in [2.05, 4.69) is 17.3 Å². The van der Waals surface area contributed by atoms with Gasteiger partial charge in [0.15, 0.2) is 0 Å². The molecule has 0 bridgehead atoms. The number of amides is 1. The van der Waals surface area contributed by atoms with Gasteiger partial charge >= 0.3 is 0 Å². The molecule has 1 heterocycles. The Hall–Kier alpha value is -1.62.